The Balaban J connectivity index is 2.73. The third-order valence-corrected chi connectivity index (χ3v) is 2.61. The second-order valence-electron chi connectivity index (χ2n) is 3.51. The molecule has 0 N–H and O–H groups in total. The minimum atomic E-state index is -0.0545. The van der Waals surface area contributed by atoms with Gasteiger partial charge in [-0.25, -0.2) is 6.57 Å². The molecule has 1 aromatic heterocycles. The highest BCUT2D eigenvalue weighted by molar-refractivity contribution is 5.84. The molecule has 70 valence electrons. The molecule has 0 spiro atoms. The van der Waals surface area contributed by atoms with Gasteiger partial charge in [-0.15, -0.1) is 0 Å². The summed E-state index contributed by atoms with van der Waals surface area (Å²) in [5.74, 6) is 0. The summed E-state index contributed by atoms with van der Waals surface area (Å²) in [5.41, 5.74) is 2.32. The predicted octanol–water partition coefficient (Wildman–Crippen LogP) is 3.16. The van der Waals surface area contributed by atoms with E-state index in [1.165, 1.54) is 10.9 Å². The predicted molar refractivity (Wildman–Crippen MR) is 57.9 cm³/mol. The van der Waals surface area contributed by atoms with E-state index in [9.17, 15) is 0 Å². The van der Waals surface area contributed by atoms with E-state index in [1.54, 1.807) is 0 Å². The monoisotopic (exact) mass is 184 g/mol. The number of rotatable bonds is 1. The fraction of sp³-hybridized carbons (Fsp3) is 0.250. The lowest BCUT2D eigenvalue weighted by molar-refractivity contribution is 0.960. The topological polar surface area (TPSA) is 9.29 Å². The number of hydrogen-bond acceptors (Lipinski definition) is 0. The van der Waals surface area contributed by atoms with Crippen molar-refractivity contribution >= 4 is 10.9 Å². The first kappa shape index (κ1) is 8.83. The minimum Gasteiger partial charge on any atom is -0.351 e. The molecule has 0 aliphatic rings. The van der Waals surface area contributed by atoms with Crippen molar-refractivity contribution in [3.8, 4) is 0 Å². The van der Waals surface area contributed by atoms with Gasteiger partial charge in [0.25, 0.3) is 0 Å². The number of benzene rings is 1. The molecule has 2 rings (SSSR count). The molecule has 0 saturated carbocycles. The van der Waals surface area contributed by atoms with Gasteiger partial charge >= 0.3 is 0 Å². The first-order chi connectivity index (χ1) is 6.74. The molecule has 1 heterocycles. The maximum absolute atomic E-state index is 7.05. The average Bonchev–Trinajstić information content (AvgIpc) is 2.59. The standard InChI is InChI=1S/C12H12N2/c1-9(13-2)10-5-4-6-12-11(10)7-8-14(12)3/h4-9H,1,3H3. The molecule has 0 amide bonds. The lowest BCUT2D eigenvalue weighted by Crippen LogP contribution is -1.89. The van der Waals surface area contributed by atoms with Crippen molar-refractivity contribution < 1.29 is 0 Å². The molecule has 0 radical (unpaired) electrons. The Morgan fingerprint density at radius 3 is 2.86 bits per heavy atom. The third-order valence-electron chi connectivity index (χ3n) is 2.61. The molecule has 0 fully saturated rings. The molecular weight excluding hydrogens is 172 g/mol. The van der Waals surface area contributed by atoms with E-state index in [0.29, 0.717) is 0 Å². The number of nitrogens with zero attached hydrogens (tertiary/aromatic N) is 2. The molecule has 2 nitrogen and oxygen atoms in total. The second kappa shape index (κ2) is 3.19. The van der Waals surface area contributed by atoms with Crippen molar-refractivity contribution in [2.24, 2.45) is 7.05 Å². The minimum absolute atomic E-state index is 0.0545. The molecule has 2 aromatic rings. The summed E-state index contributed by atoms with van der Waals surface area (Å²) >= 11 is 0. The van der Waals surface area contributed by atoms with Gasteiger partial charge in [-0.1, -0.05) is 12.1 Å². The first-order valence-corrected chi connectivity index (χ1v) is 4.64. The van der Waals surface area contributed by atoms with Crippen molar-refractivity contribution in [2.75, 3.05) is 0 Å². The quantitative estimate of drug-likeness (QED) is 0.602. The van der Waals surface area contributed by atoms with Crippen molar-refractivity contribution in [1.29, 1.82) is 0 Å². The number of aromatic nitrogens is 1. The summed E-state index contributed by atoms with van der Waals surface area (Å²) in [6.07, 6.45) is 2.03. The maximum Gasteiger partial charge on any atom is 0.246 e. The van der Waals surface area contributed by atoms with Crippen LogP contribution in [0, 0.1) is 6.57 Å². The molecule has 1 atom stereocenters. The van der Waals surface area contributed by atoms with E-state index in [-0.39, 0.29) is 6.04 Å². The van der Waals surface area contributed by atoms with Crippen LogP contribution in [0.25, 0.3) is 15.7 Å². The smallest absolute Gasteiger partial charge is 0.246 e. The zero-order valence-corrected chi connectivity index (χ0v) is 8.36. The summed E-state index contributed by atoms with van der Waals surface area (Å²) in [7, 11) is 2.02. The van der Waals surface area contributed by atoms with Crippen LogP contribution in [0.15, 0.2) is 30.5 Å². The summed E-state index contributed by atoms with van der Waals surface area (Å²) in [6, 6.07) is 8.15. The van der Waals surface area contributed by atoms with Gasteiger partial charge in [-0.05, 0) is 12.1 Å². The van der Waals surface area contributed by atoms with E-state index in [0.717, 1.165) is 5.56 Å². The van der Waals surface area contributed by atoms with Crippen LogP contribution in [0.5, 0.6) is 0 Å². The van der Waals surface area contributed by atoms with Gasteiger partial charge in [-0.2, -0.15) is 0 Å². The van der Waals surface area contributed by atoms with Crippen LogP contribution in [0.3, 0.4) is 0 Å². The van der Waals surface area contributed by atoms with E-state index in [4.69, 9.17) is 6.57 Å². The molecule has 2 heteroatoms. The zero-order chi connectivity index (χ0) is 10.1. The number of fused-ring (bicyclic) bond motifs is 1. The molecular formula is C12H12N2. The van der Waals surface area contributed by atoms with Crippen molar-refractivity contribution in [3.05, 3.63) is 47.4 Å². The van der Waals surface area contributed by atoms with Crippen molar-refractivity contribution in [2.45, 2.75) is 13.0 Å². The van der Waals surface area contributed by atoms with Crippen LogP contribution >= 0.6 is 0 Å². The molecule has 0 bridgehead atoms. The molecule has 1 aromatic carbocycles. The number of aryl methyl sites for hydroxylation is 1. The van der Waals surface area contributed by atoms with Gasteiger partial charge in [0.15, 0.2) is 0 Å². The zero-order valence-electron chi connectivity index (χ0n) is 8.36. The normalized spacial score (nSPS) is 12.6. The highest BCUT2D eigenvalue weighted by Gasteiger charge is 2.12. The molecule has 0 aliphatic carbocycles. The van der Waals surface area contributed by atoms with Gasteiger partial charge in [0.1, 0.15) is 0 Å². The van der Waals surface area contributed by atoms with Crippen LogP contribution in [-0.2, 0) is 7.05 Å². The third kappa shape index (κ3) is 1.18. The number of hydrogen-bond donors (Lipinski definition) is 0. The van der Waals surface area contributed by atoms with Crippen molar-refractivity contribution in [1.82, 2.24) is 4.57 Å². The summed E-state index contributed by atoms with van der Waals surface area (Å²) in [6.45, 7) is 8.99. The molecule has 0 aliphatic heterocycles. The van der Waals surface area contributed by atoms with Crippen LogP contribution in [-0.4, -0.2) is 4.57 Å². The Kier molecular flexibility index (Phi) is 2.01. The average molecular weight is 184 g/mol. The molecule has 14 heavy (non-hydrogen) atoms. The van der Waals surface area contributed by atoms with Gasteiger partial charge in [-0.3, -0.25) is 0 Å². The summed E-state index contributed by atoms with van der Waals surface area (Å²) < 4.78 is 2.08. The highest BCUT2D eigenvalue weighted by Crippen LogP contribution is 2.26. The van der Waals surface area contributed by atoms with Crippen LogP contribution < -0.4 is 0 Å². The van der Waals surface area contributed by atoms with Crippen LogP contribution in [0.2, 0.25) is 0 Å². The second-order valence-corrected chi connectivity index (χ2v) is 3.51. The maximum atomic E-state index is 7.05. The largest absolute Gasteiger partial charge is 0.351 e. The molecule has 1 unspecified atom stereocenters. The van der Waals surface area contributed by atoms with Crippen LogP contribution in [0.1, 0.15) is 18.5 Å². The van der Waals surface area contributed by atoms with Gasteiger partial charge in [0.2, 0.25) is 6.04 Å². The van der Waals surface area contributed by atoms with Gasteiger partial charge < -0.3 is 9.41 Å². The van der Waals surface area contributed by atoms with E-state index < -0.39 is 0 Å². The first-order valence-electron chi connectivity index (χ1n) is 4.64. The van der Waals surface area contributed by atoms with E-state index in [1.807, 2.05) is 32.3 Å². The Morgan fingerprint density at radius 1 is 1.36 bits per heavy atom. The molecule has 0 saturated heterocycles. The lowest BCUT2D eigenvalue weighted by atomic mass is 10.0. The Bertz CT molecular complexity index is 503. The van der Waals surface area contributed by atoms with Crippen molar-refractivity contribution in [3.63, 3.8) is 0 Å². The van der Waals surface area contributed by atoms with Gasteiger partial charge in [0, 0.05) is 36.6 Å². The lowest BCUT2D eigenvalue weighted by Gasteiger charge is -2.02. The fourth-order valence-corrected chi connectivity index (χ4v) is 1.76. The fourth-order valence-electron chi connectivity index (χ4n) is 1.76. The van der Waals surface area contributed by atoms with E-state index >= 15 is 0 Å². The summed E-state index contributed by atoms with van der Waals surface area (Å²) in [4.78, 5) is 3.56. The Labute approximate surface area is 83.6 Å². The van der Waals surface area contributed by atoms with Gasteiger partial charge in [0.05, 0.1) is 0 Å². The van der Waals surface area contributed by atoms with Crippen LogP contribution in [0.4, 0.5) is 0 Å². The Hall–Kier alpha value is -1.75. The SMILES string of the molecule is [C-]#[N+]C(C)c1cccc2c1ccn2C. The highest BCUT2D eigenvalue weighted by atomic mass is 14.9. The van der Waals surface area contributed by atoms with E-state index in [2.05, 4.69) is 21.5 Å². The summed E-state index contributed by atoms with van der Waals surface area (Å²) in [5, 5.41) is 1.19. The Morgan fingerprint density at radius 2 is 2.14 bits per heavy atom.